The van der Waals surface area contributed by atoms with Crippen molar-refractivity contribution < 1.29 is 14.3 Å². The number of hydrogen-bond acceptors (Lipinski definition) is 5. The SMILES string of the molecule is CCOc1ccc(C=C2SC(=NC3CCCCC3)N(C3CCCCC3)C2=O)c(OCC)c1. The maximum atomic E-state index is 13.6. The number of benzene rings is 1. The number of hydrogen-bond donors (Lipinski definition) is 0. The van der Waals surface area contributed by atoms with Gasteiger partial charge >= 0.3 is 0 Å². The summed E-state index contributed by atoms with van der Waals surface area (Å²) in [6, 6.07) is 6.48. The molecular formula is C26H36N2O3S. The third kappa shape index (κ3) is 5.51. The first kappa shape index (κ1) is 23.2. The van der Waals surface area contributed by atoms with E-state index in [1.54, 1.807) is 11.8 Å². The zero-order chi connectivity index (χ0) is 22.3. The fourth-order valence-electron chi connectivity index (χ4n) is 4.92. The van der Waals surface area contributed by atoms with Gasteiger partial charge in [0.15, 0.2) is 5.17 Å². The zero-order valence-electron chi connectivity index (χ0n) is 19.5. The Hall–Kier alpha value is -1.95. The van der Waals surface area contributed by atoms with Gasteiger partial charge in [-0.3, -0.25) is 14.7 Å². The molecular weight excluding hydrogens is 420 g/mol. The topological polar surface area (TPSA) is 51.1 Å². The number of rotatable bonds is 7. The van der Waals surface area contributed by atoms with Gasteiger partial charge in [0.1, 0.15) is 11.5 Å². The van der Waals surface area contributed by atoms with Crippen molar-refractivity contribution in [2.45, 2.75) is 90.1 Å². The molecule has 1 amide bonds. The number of aliphatic imine (C=N–C) groups is 1. The molecule has 1 aromatic rings. The number of amides is 1. The van der Waals surface area contributed by atoms with Gasteiger partial charge < -0.3 is 9.47 Å². The molecule has 0 N–H and O–H groups in total. The lowest BCUT2D eigenvalue weighted by molar-refractivity contribution is -0.124. The van der Waals surface area contributed by atoms with Gasteiger partial charge in [0.25, 0.3) is 5.91 Å². The van der Waals surface area contributed by atoms with E-state index >= 15 is 0 Å². The minimum Gasteiger partial charge on any atom is -0.494 e. The molecule has 2 saturated carbocycles. The van der Waals surface area contributed by atoms with Crippen LogP contribution in [0, 0.1) is 0 Å². The van der Waals surface area contributed by atoms with Crippen LogP contribution in [0.25, 0.3) is 6.08 Å². The summed E-state index contributed by atoms with van der Waals surface area (Å²) in [5.41, 5.74) is 0.911. The van der Waals surface area contributed by atoms with Crippen LogP contribution >= 0.6 is 11.8 Å². The Kier molecular flexibility index (Phi) is 8.17. The molecule has 6 heteroatoms. The summed E-state index contributed by atoms with van der Waals surface area (Å²) < 4.78 is 11.5. The number of carbonyl (C=O) groups excluding carboxylic acids is 1. The number of carbonyl (C=O) groups is 1. The number of ether oxygens (including phenoxy) is 2. The molecule has 0 radical (unpaired) electrons. The van der Waals surface area contributed by atoms with Gasteiger partial charge in [0.2, 0.25) is 0 Å². The second-order valence-electron chi connectivity index (χ2n) is 8.85. The molecule has 174 valence electrons. The Labute approximate surface area is 196 Å². The zero-order valence-corrected chi connectivity index (χ0v) is 20.3. The van der Waals surface area contributed by atoms with Crippen LogP contribution in [0.15, 0.2) is 28.1 Å². The standard InChI is InChI=1S/C26H36N2O3S/c1-3-30-22-16-15-19(23(18-22)31-4-2)17-24-25(29)28(21-13-9-6-10-14-21)26(32-24)27-20-11-7-5-8-12-20/h15-18,20-21H,3-14H2,1-2H3. The predicted molar refractivity (Wildman–Crippen MR) is 132 cm³/mol. The maximum Gasteiger partial charge on any atom is 0.267 e. The number of thioether (sulfide) groups is 1. The van der Waals surface area contributed by atoms with Crippen LogP contribution in [0.1, 0.15) is 83.6 Å². The van der Waals surface area contributed by atoms with Crippen LogP contribution in [0.2, 0.25) is 0 Å². The van der Waals surface area contributed by atoms with Crippen LogP contribution in [0.3, 0.4) is 0 Å². The molecule has 3 fully saturated rings. The van der Waals surface area contributed by atoms with E-state index in [4.69, 9.17) is 14.5 Å². The van der Waals surface area contributed by atoms with Crippen molar-refractivity contribution in [2.75, 3.05) is 13.2 Å². The lowest BCUT2D eigenvalue weighted by Gasteiger charge is -2.31. The third-order valence-electron chi connectivity index (χ3n) is 6.53. The van der Waals surface area contributed by atoms with Crippen LogP contribution < -0.4 is 9.47 Å². The van der Waals surface area contributed by atoms with E-state index in [9.17, 15) is 4.79 Å². The van der Waals surface area contributed by atoms with Crippen molar-refractivity contribution in [3.8, 4) is 11.5 Å². The van der Waals surface area contributed by atoms with Crippen molar-refractivity contribution >= 4 is 28.9 Å². The molecule has 0 aromatic heterocycles. The van der Waals surface area contributed by atoms with Crippen molar-refractivity contribution in [2.24, 2.45) is 4.99 Å². The van der Waals surface area contributed by atoms with Crippen LogP contribution in [-0.4, -0.2) is 41.3 Å². The Bertz CT molecular complexity index is 855. The third-order valence-corrected chi connectivity index (χ3v) is 7.52. The molecule has 0 bridgehead atoms. The molecule has 0 atom stereocenters. The summed E-state index contributed by atoms with van der Waals surface area (Å²) in [5, 5.41) is 0.920. The van der Waals surface area contributed by atoms with Gasteiger partial charge in [-0.15, -0.1) is 0 Å². The molecule has 0 unspecified atom stereocenters. The first-order valence-corrected chi connectivity index (χ1v) is 13.2. The molecule has 32 heavy (non-hydrogen) atoms. The van der Waals surface area contributed by atoms with Crippen LogP contribution in [0.5, 0.6) is 11.5 Å². The fourth-order valence-corrected chi connectivity index (χ4v) is 6.02. The van der Waals surface area contributed by atoms with Gasteiger partial charge in [-0.05, 0) is 69.5 Å². The van der Waals surface area contributed by atoms with E-state index in [-0.39, 0.29) is 11.9 Å². The van der Waals surface area contributed by atoms with Crippen LogP contribution in [-0.2, 0) is 4.79 Å². The highest BCUT2D eigenvalue weighted by molar-refractivity contribution is 8.18. The first-order chi connectivity index (χ1) is 15.7. The first-order valence-electron chi connectivity index (χ1n) is 12.4. The van der Waals surface area contributed by atoms with Gasteiger partial charge in [-0.1, -0.05) is 38.5 Å². The molecule has 3 aliphatic rings. The van der Waals surface area contributed by atoms with Crippen molar-refractivity contribution in [1.29, 1.82) is 0 Å². The fraction of sp³-hybridized carbons (Fsp3) is 0.615. The Balaban J connectivity index is 1.64. The summed E-state index contributed by atoms with van der Waals surface area (Å²) in [6.45, 7) is 5.11. The highest BCUT2D eigenvalue weighted by Gasteiger charge is 2.39. The second kappa shape index (κ2) is 11.3. The average molecular weight is 457 g/mol. The van der Waals surface area contributed by atoms with Crippen molar-refractivity contribution in [3.05, 3.63) is 28.7 Å². The molecule has 5 nitrogen and oxygen atoms in total. The normalized spacial score (nSPS) is 23.3. The summed E-state index contributed by atoms with van der Waals surface area (Å²) >= 11 is 1.55. The summed E-state index contributed by atoms with van der Waals surface area (Å²) in [4.78, 5) is 21.5. The van der Waals surface area contributed by atoms with E-state index in [1.807, 2.05) is 43.0 Å². The number of nitrogens with zero attached hydrogens (tertiary/aromatic N) is 2. The minimum atomic E-state index is 0.104. The molecule has 1 aliphatic heterocycles. The van der Waals surface area contributed by atoms with Gasteiger partial charge in [0.05, 0.1) is 24.2 Å². The largest absolute Gasteiger partial charge is 0.494 e. The lowest BCUT2D eigenvalue weighted by Crippen LogP contribution is -2.41. The summed E-state index contributed by atoms with van der Waals surface area (Å²) in [7, 11) is 0. The average Bonchev–Trinajstić information content (AvgIpc) is 3.11. The van der Waals surface area contributed by atoms with Gasteiger partial charge in [-0.2, -0.15) is 0 Å². The van der Waals surface area contributed by atoms with Crippen LogP contribution in [0.4, 0.5) is 0 Å². The minimum absolute atomic E-state index is 0.104. The molecule has 0 spiro atoms. The Morgan fingerprint density at radius 3 is 2.38 bits per heavy atom. The monoisotopic (exact) mass is 456 g/mol. The van der Waals surface area contributed by atoms with E-state index in [2.05, 4.69) is 0 Å². The van der Waals surface area contributed by atoms with Crippen molar-refractivity contribution in [1.82, 2.24) is 4.90 Å². The molecule has 4 rings (SSSR count). The Morgan fingerprint density at radius 2 is 1.69 bits per heavy atom. The lowest BCUT2D eigenvalue weighted by atomic mass is 9.94. The second-order valence-corrected chi connectivity index (χ2v) is 9.86. The van der Waals surface area contributed by atoms with E-state index in [0.29, 0.717) is 19.3 Å². The van der Waals surface area contributed by atoms with E-state index < -0.39 is 0 Å². The highest BCUT2D eigenvalue weighted by Crippen LogP contribution is 2.39. The van der Waals surface area contributed by atoms with Gasteiger partial charge in [0, 0.05) is 17.7 Å². The van der Waals surface area contributed by atoms with E-state index in [0.717, 1.165) is 52.8 Å². The maximum absolute atomic E-state index is 13.6. The Morgan fingerprint density at radius 1 is 1.00 bits per heavy atom. The highest BCUT2D eigenvalue weighted by atomic mass is 32.2. The summed E-state index contributed by atoms with van der Waals surface area (Å²) in [5.74, 6) is 1.64. The van der Waals surface area contributed by atoms with E-state index in [1.165, 1.54) is 38.5 Å². The smallest absolute Gasteiger partial charge is 0.267 e. The quantitative estimate of drug-likeness (QED) is 0.444. The van der Waals surface area contributed by atoms with Gasteiger partial charge in [-0.25, -0.2) is 0 Å². The molecule has 1 saturated heterocycles. The van der Waals surface area contributed by atoms with Crippen molar-refractivity contribution in [3.63, 3.8) is 0 Å². The summed E-state index contributed by atoms with van der Waals surface area (Å²) in [6.07, 6.45) is 13.9. The number of amidine groups is 1. The predicted octanol–water partition coefficient (Wildman–Crippen LogP) is 6.42. The molecule has 1 aromatic carbocycles. The molecule has 1 heterocycles. The molecule has 2 aliphatic carbocycles.